The molecule has 0 radical (unpaired) electrons. The molecular weight excluding hydrogens is 454 g/mol. The number of ether oxygens (including phenoxy) is 6. The van der Waals surface area contributed by atoms with Gasteiger partial charge in [0.05, 0.1) is 31.0 Å². The Bertz CT molecular complexity index is 929. The van der Waals surface area contributed by atoms with Crippen molar-refractivity contribution in [2.75, 3.05) is 42.2 Å². The first-order valence-electron chi connectivity index (χ1n) is 12.8. The van der Waals surface area contributed by atoms with E-state index in [1.807, 2.05) is 6.21 Å². The zero-order chi connectivity index (χ0) is 25.0. The molecule has 13 atom stereocenters. The fourth-order valence-electron chi connectivity index (χ4n) is 10.6. The number of aliphatic imine (C=N–C) groups is 1. The van der Waals surface area contributed by atoms with Crippen LogP contribution >= 0.6 is 0 Å². The average Bonchev–Trinajstić information content (AvgIpc) is 3.18. The standard InChI is InChI=1S/C26H39NO8/c1-13(28)35-19-14-9-15-18(19)24(34-6,10-16(14)31-3)26(29)21(33-5)20-23(12-30-2)8-7-17(32-4)25(15,20)22(26)27-11-23/h11,14-22,29H,7-10,12H2,1-6H3/t14-,15-,16+,17+,18?,19+,20-,21+,22+,23+,24-,25+,26+/m1/s1. The number of methoxy groups -OCH3 is 5. The van der Waals surface area contributed by atoms with Gasteiger partial charge in [0.1, 0.15) is 17.3 Å². The van der Waals surface area contributed by atoms with Crippen LogP contribution in [0.2, 0.25) is 0 Å². The van der Waals surface area contributed by atoms with E-state index in [0.717, 1.165) is 19.3 Å². The van der Waals surface area contributed by atoms with Crippen molar-refractivity contribution in [2.24, 2.45) is 39.5 Å². The summed E-state index contributed by atoms with van der Waals surface area (Å²) in [5, 5.41) is 13.1. The van der Waals surface area contributed by atoms with Crippen molar-refractivity contribution in [3.05, 3.63) is 0 Å². The molecule has 0 aromatic carbocycles. The van der Waals surface area contributed by atoms with E-state index < -0.39 is 34.9 Å². The lowest BCUT2D eigenvalue weighted by molar-refractivity contribution is -0.301. The Morgan fingerprint density at radius 2 is 1.91 bits per heavy atom. The molecule has 35 heavy (non-hydrogen) atoms. The van der Waals surface area contributed by atoms with Gasteiger partial charge >= 0.3 is 5.97 Å². The lowest BCUT2D eigenvalue weighted by Gasteiger charge is -2.66. The maximum Gasteiger partial charge on any atom is 0.302 e. The summed E-state index contributed by atoms with van der Waals surface area (Å²) in [5.74, 6) is -0.563. The van der Waals surface area contributed by atoms with Crippen molar-refractivity contribution < 1.29 is 38.3 Å². The van der Waals surface area contributed by atoms with Gasteiger partial charge in [-0.05, 0) is 25.2 Å². The monoisotopic (exact) mass is 493 g/mol. The van der Waals surface area contributed by atoms with Gasteiger partial charge in [-0.15, -0.1) is 0 Å². The smallest absolute Gasteiger partial charge is 0.302 e. The normalized spacial score (nSPS) is 56.8. The molecule has 196 valence electrons. The van der Waals surface area contributed by atoms with E-state index in [0.29, 0.717) is 13.0 Å². The minimum absolute atomic E-state index is 0.0152. The van der Waals surface area contributed by atoms with Gasteiger partial charge in [0.15, 0.2) is 0 Å². The number of hydrogen-bond acceptors (Lipinski definition) is 9. The maximum atomic E-state index is 13.1. The summed E-state index contributed by atoms with van der Waals surface area (Å²) < 4.78 is 36.9. The highest BCUT2D eigenvalue weighted by Gasteiger charge is 2.91. The molecule has 1 spiro atoms. The fourth-order valence-corrected chi connectivity index (χ4v) is 10.6. The number of rotatable bonds is 7. The third-order valence-electron chi connectivity index (χ3n) is 11.2. The Kier molecular flexibility index (Phi) is 5.34. The molecule has 9 nitrogen and oxygen atoms in total. The summed E-state index contributed by atoms with van der Waals surface area (Å²) in [4.78, 5) is 17.5. The Balaban J connectivity index is 1.66. The molecule has 1 aliphatic heterocycles. The highest BCUT2D eigenvalue weighted by atomic mass is 16.6. The first-order valence-corrected chi connectivity index (χ1v) is 12.8. The zero-order valence-electron chi connectivity index (χ0n) is 21.6. The summed E-state index contributed by atoms with van der Waals surface area (Å²) >= 11 is 0. The molecule has 0 aromatic heterocycles. The van der Waals surface area contributed by atoms with E-state index in [4.69, 9.17) is 33.4 Å². The Hall–Kier alpha value is -1.10. The maximum absolute atomic E-state index is 13.1. The molecule has 1 N–H and O–H groups in total. The van der Waals surface area contributed by atoms with Gasteiger partial charge in [0.25, 0.3) is 0 Å². The summed E-state index contributed by atoms with van der Waals surface area (Å²) in [6.07, 6.45) is 3.69. The van der Waals surface area contributed by atoms with Gasteiger partial charge < -0.3 is 33.5 Å². The van der Waals surface area contributed by atoms with Crippen molar-refractivity contribution in [1.29, 1.82) is 0 Å². The third kappa shape index (κ3) is 2.42. The second-order valence-electron chi connectivity index (χ2n) is 11.7. The predicted octanol–water partition coefficient (Wildman–Crippen LogP) is 1.24. The lowest BCUT2D eigenvalue weighted by Crippen LogP contribution is -2.78. The summed E-state index contributed by atoms with van der Waals surface area (Å²) in [7, 11) is 8.51. The first-order chi connectivity index (χ1) is 16.8. The molecule has 5 saturated carbocycles. The molecule has 6 rings (SSSR count). The summed E-state index contributed by atoms with van der Waals surface area (Å²) in [6, 6.07) is -0.464. The van der Waals surface area contributed by atoms with Gasteiger partial charge in [-0.3, -0.25) is 9.79 Å². The van der Waals surface area contributed by atoms with Crippen molar-refractivity contribution in [3.63, 3.8) is 0 Å². The van der Waals surface area contributed by atoms with Gasteiger partial charge in [-0.25, -0.2) is 0 Å². The van der Waals surface area contributed by atoms with E-state index in [-0.39, 0.29) is 47.3 Å². The summed E-state index contributed by atoms with van der Waals surface area (Å²) in [5.41, 5.74) is -3.40. The van der Waals surface area contributed by atoms with E-state index in [1.54, 1.807) is 35.5 Å². The molecule has 6 aliphatic rings. The fraction of sp³-hybridized carbons (Fsp3) is 0.923. The molecule has 1 heterocycles. The Morgan fingerprint density at radius 1 is 1.14 bits per heavy atom. The third-order valence-corrected chi connectivity index (χ3v) is 11.2. The number of hydrogen-bond donors (Lipinski definition) is 1. The van der Waals surface area contributed by atoms with E-state index in [2.05, 4.69) is 0 Å². The molecule has 1 unspecified atom stereocenters. The molecular formula is C26H39NO8. The quantitative estimate of drug-likeness (QED) is 0.529. The van der Waals surface area contributed by atoms with Crippen LogP contribution < -0.4 is 0 Å². The van der Waals surface area contributed by atoms with Crippen LogP contribution in [0.25, 0.3) is 0 Å². The van der Waals surface area contributed by atoms with Crippen LogP contribution in [-0.2, 0) is 33.2 Å². The van der Waals surface area contributed by atoms with Crippen LogP contribution in [0.4, 0.5) is 0 Å². The molecule has 0 amide bonds. The molecule has 0 aromatic rings. The van der Waals surface area contributed by atoms with Crippen LogP contribution in [0.5, 0.6) is 0 Å². The SMILES string of the molecule is COC[C@@]12C=N[C@H]3[C@]4([C@@H](OC)CC1)[C@@H]1C[C@@H]5[C@@H](OC)C[C@@](OC)(C1[C@H]5OC(C)=O)[C@]3(O)[C@@H](OC)[C@H]24. The van der Waals surface area contributed by atoms with Crippen LogP contribution in [-0.4, -0.2) is 101 Å². The minimum atomic E-state index is -1.46. The van der Waals surface area contributed by atoms with Crippen molar-refractivity contribution >= 4 is 12.2 Å². The highest BCUT2D eigenvalue weighted by Crippen LogP contribution is 2.80. The zero-order valence-corrected chi connectivity index (χ0v) is 21.6. The molecule has 9 heteroatoms. The van der Waals surface area contributed by atoms with E-state index >= 15 is 0 Å². The number of fused-ring (bicyclic) bond motifs is 2. The van der Waals surface area contributed by atoms with Gasteiger partial charge in [0, 0.05) is 83.7 Å². The number of aliphatic hydroxyl groups is 1. The van der Waals surface area contributed by atoms with E-state index in [9.17, 15) is 9.90 Å². The molecule has 5 fully saturated rings. The lowest BCUT2D eigenvalue weighted by atomic mass is 9.44. The number of nitrogens with zero attached hydrogens (tertiary/aromatic N) is 1. The van der Waals surface area contributed by atoms with Crippen LogP contribution in [0.3, 0.4) is 0 Å². The van der Waals surface area contributed by atoms with Crippen molar-refractivity contribution in [2.45, 2.75) is 74.3 Å². The largest absolute Gasteiger partial charge is 0.462 e. The Morgan fingerprint density at radius 3 is 2.51 bits per heavy atom. The average molecular weight is 494 g/mol. The van der Waals surface area contributed by atoms with E-state index in [1.165, 1.54) is 6.92 Å². The van der Waals surface area contributed by atoms with Gasteiger partial charge in [-0.2, -0.15) is 0 Å². The number of carbonyl (C=O) groups excluding carboxylic acids is 1. The van der Waals surface area contributed by atoms with Crippen molar-refractivity contribution in [1.82, 2.24) is 0 Å². The van der Waals surface area contributed by atoms with Crippen LogP contribution in [0.1, 0.15) is 32.6 Å². The Labute approximate surface area is 206 Å². The second kappa shape index (κ2) is 7.71. The number of carbonyl (C=O) groups is 1. The second-order valence-corrected chi connectivity index (χ2v) is 11.7. The van der Waals surface area contributed by atoms with Gasteiger partial charge in [-0.1, -0.05) is 0 Å². The first kappa shape index (κ1) is 24.2. The molecule has 5 aliphatic carbocycles. The topological polar surface area (TPSA) is 105 Å². The highest BCUT2D eigenvalue weighted by molar-refractivity contribution is 5.72. The van der Waals surface area contributed by atoms with Crippen molar-refractivity contribution in [3.8, 4) is 0 Å². The summed E-state index contributed by atoms with van der Waals surface area (Å²) in [6.45, 7) is 1.95. The molecule has 0 saturated heterocycles. The predicted molar refractivity (Wildman–Crippen MR) is 124 cm³/mol. The minimum Gasteiger partial charge on any atom is -0.462 e. The van der Waals surface area contributed by atoms with Gasteiger partial charge in [0.2, 0.25) is 0 Å². The molecule has 7 bridgehead atoms. The van der Waals surface area contributed by atoms with Crippen LogP contribution in [0, 0.1) is 34.5 Å². The number of esters is 1. The van der Waals surface area contributed by atoms with Crippen LogP contribution in [0.15, 0.2) is 4.99 Å².